The molecule has 0 aliphatic heterocycles. The molecular formula is C39H64O5. The third-order valence-electron chi connectivity index (χ3n) is 7.01. The summed E-state index contributed by atoms with van der Waals surface area (Å²) in [7, 11) is 0. The van der Waals surface area contributed by atoms with Gasteiger partial charge in [0.1, 0.15) is 6.61 Å². The summed E-state index contributed by atoms with van der Waals surface area (Å²) in [4.78, 5) is 24.1. The van der Waals surface area contributed by atoms with Crippen molar-refractivity contribution in [1.29, 1.82) is 0 Å². The molecule has 0 saturated heterocycles. The second-order valence-electron chi connectivity index (χ2n) is 11.2. The number of aliphatic hydroxyl groups excluding tert-OH is 1. The van der Waals surface area contributed by atoms with E-state index in [0.717, 1.165) is 77.0 Å². The Kier molecular flexibility index (Phi) is 32.7. The molecule has 5 heteroatoms. The molecule has 0 aromatic rings. The quantitative estimate of drug-likeness (QED) is 0.0496. The van der Waals surface area contributed by atoms with Gasteiger partial charge < -0.3 is 14.6 Å². The van der Waals surface area contributed by atoms with Gasteiger partial charge in [-0.25, -0.2) is 0 Å². The van der Waals surface area contributed by atoms with E-state index in [2.05, 4.69) is 86.8 Å². The third kappa shape index (κ3) is 32.3. The maximum absolute atomic E-state index is 12.1. The first-order chi connectivity index (χ1) is 21.6. The molecule has 0 fully saturated rings. The van der Waals surface area contributed by atoms with Crippen LogP contribution < -0.4 is 0 Å². The van der Waals surface area contributed by atoms with Gasteiger partial charge in [0.2, 0.25) is 0 Å². The highest BCUT2D eigenvalue weighted by atomic mass is 16.6. The molecule has 0 amide bonds. The van der Waals surface area contributed by atoms with E-state index in [1.54, 1.807) is 0 Å². The van der Waals surface area contributed by atoms with Crippen molar-refractivity contribution in [3.8, 4) is 0 Å². The minimum Gasteiger partial charge on any atom is -0.462 e. The second kappa shape index (κ2) is 34.8. The maximum Gasteiger partial charge on any atom is 0.306 e. The predicted octanol–water partition coefficient (Wildman–Crippen LogP) is 10.6. The van der Waals surface area contributed by atoms with Crippen molar-refractivity contribution in [1.82, 2.24) is 0 Å². The molecular weight excluding hydrogens is 548 g/mol. The van der Waals surface area contributed by atoms with E-state index in [4.69, 9.17) is 9.47 Å². The zero-order chi connectivity index (χ0) is 32.2. The van der Waals surface area contributed by atoms with Gasteiger partial charge in [-0.05, 0) is 64.2 Å². The van der Waals surface area contributed by atoms with Crippen LogP contribution in [0.5, 0.6) is 0 Å². The van der Waals surface area contributed by atoms with Gasteiger partial charge >= 0.3 is 11.9 Å². The van der Waals surface area contributed by atoms with E-state index in [0.29, 0.717) is 12.8 Å². The third-order valence-corrected chi connectivity index (χ3v) is 7.01. The topological polar surface area (TPSA) is 72.8 Å². The number of allylic oxidation sites excluding steroid dienone is 12. The number of aliphatic hydroxyl groups is 1. The summed E-state index contributed by atoms with van der Waals surface area (Å²) in [5.74, 6) is -0.652. The molecule has 0 bridgehead atoms. The monoisotopic (exact) mass is 612 g/mol. The van der Waals surface area contributed by atoms with Gasteiger partial charge in [0.25, 0.3) is 0 Å². The number of hydrogen-bond acceptors (Lipinski definition) is 5. The molecule has 1 unspecified atom stereocenters. The Morgan fingerprint density at radius 1 is 0.545 bits per heavy atom. The maximum atomic E-state index is 12.1. The van der Waals surface area contributed by atoms with Crippen LogP contribution in [-0.2, 0) is 19.1 Å². The minimum absolute atomic E-state index is 0.0863. The number of unbranched alkanes of at least 4 members (excludes halogenated alkanes) is 10. The van der Waals surface area contributed by atoms with Gasteiger partial charge in [-0.2, -0.15) is 0 Å². The molecule has 0 radical (unpaired) electrons. The van der Waals surface area contributed by atoms with Crippen molar-refractivity contribution >= 4 is 11.9 Å². The Bertz CT molecular complexity index is 833. The van der Waals surface area contributed by atoms with Gasteiger partial charge in [-0.3, -0.25) is 9.59 Å². The molecule has 0 aliphatic carbocycles. The molecule has 0 heterocycles. The summed E-state index contributed by atoms with van der Waals surface area (Å²) < 4.78 is 10.5. The molecule has 1 N–H and O–H groups in total. The Hall–Kier alpha value is -2.66. The van der Waals surface area contributed by atoms with Crippen LogP contribution in [0.3, 0.4) is 0 Å². The molecule has 0 aromatic carbocycles. The number of rotatable bonds is 30. The largest absolute Gasteiger partial charge is 0.462 e. The molecule has 0 saturated carbocycles. The van der Waals surface area contributed by atoms with E-state index in [1.807, 2.05) is 0 Å². The van der Waals surface area contributed by atoms with Crippen LogP contribution in [0, 0.1) is 0 Å². The molecule has 0 aliphatic rings. The minimum atomic E-state index is -0.794. The smallest absolute Gasteiger partial charge is 0.306 e. The van der Waals surface area contributed by atoms with E-state index >= 15 is 0 Å². The Morgan fingerprint density at radius 2 is 0.977 bits per heavy atom. The number of carbonyl (C=O) groups excluding carboxylic acids is 2. The summed E-state index contributed by atoms with van der Waals surface area (Å²) >= 11 is 0. The first kappa shape index (κ1) is 41.3. The predicted molar refractivity (Wildman–Crippen MR) is 186 cm³/mol. The fourth-order valence-corrected chi connectivity index (χ4v) is 4.38. The van der Waals surface area contributed by atoms with Crippen LogP contribution in [-0.4, -0.2) is 36.4 Å². The number of hydrogen-bond donors (Lipinski definition) is 1. The van der Waals surface area contributed by atoms with Crippen molar-refractivity contribution < 1.29 is 24.2 Å². The van der Waals surface area contributed by atoms with Gasteiger partial charge in [0, 0.05) is 12.8 Å². The van der Waals surface area contributed by atoms with Crippen molar-refractivity contribution in [2.75, 3.05) is 13.2 Å². The van der Waals surface area contributed by atoms with E-state index in [-0.39, 0.29) is 25.2 Å². The lowest BCUT2D eigenvalue weighted by Gasteiger charge is -2.15. The molecule has 0 spiro atoms. The van der Waals surface area contributed by atoms with Crippen molar-refractivity contribution in [2.45, 2.75) is 148 Å². The standard InChI is InChI=1S/C39H64O5/c1-3-5-7-9-11-13-14-15-16-17-18-19-20-21-22-23-24-26-28-30-32-34-39(42)44-37(35-40)36-43-38(41)33-31-29-27-25-12-10-8-6-4-2/h5,7,11,13,15-16,18-19,21-22,24,26,37,40H,3-4,6,8-10,12,14,17,20,23,25,27-36H2,1-2H3/b7-5-,13-11-,16-15-,19-18-,22-21-,26-24-. The molecule has 1 atom stereocenters. The van der Waals surface area contributed by atoms with Crippen LogP contribution in [0.25, 0.3) is 0 Å². The number of esters is 2. The number of ether oxygens (including phenoxy) is 2. The first-order valence-electron chi connectivity index (χ1n) is 17.5. The highest BCUT2D eigenvalue weighted by molar-refractivity contribution is 5.70. The molecule has 5 nitrogen and oxygen atoms in total. The van der Waals surface area contributed by atoms with Crippen LogP contribution >= 0.6 is 0 Å². The molecule has 0 rings (SSSR count). The first-order valence-corrected chi connectivity index (χ1v) is 17.5. The zero-order valence-corrected chi connectivity index (χ0v) is 28.1. The average molecular weight is 613 g/mol. The van der Waals surface area contributed by atoms with Gasteiger partial charge in [0.05, 0.1) is 6.61 Å². The Labute approximate surface area is 270 Å². The Morgan fingerprint density at radius 3 is 1.48 bits per heavy atom. The van der Waals surface area contributed by atoms with Crippen LogP contribution in [0.4, 0.5) is 0 Å². The molecule has 0 aromatic heterocycles. The summed E-state index contributed by atoms with van der Waals surface area (Å²) in [6.45, 7) is 3.94. The SMILES string of the molecule is CC/C=C\C/C=C\C/C=C\C/C=C\C/C=C\C/C=C\CCCCC(=O)OC(CO)COC(=O)CCCCCCCCCCC. The van der Waals surface area contributed by atoms with Crippen LogP contribution in [0.15, 0.2) is 72.9 Å². The van der Waals surface area contributed by atoms with Gasteiger partial charge in [-0.15, -0.1) is 0 Å². The van der Waals surface area contributed by atoms with Gasteiger partial charge in [-0.1, -0.05) is 138 Å². The fraction of sp³-hybridized carbons (Fsp3) is 0.641. The van der Waals surface area contributed by atoms with Crippen molar-refractivity contribution in [2.24, 2.45) is 0 Å². The fourth-order valence-electron chi connectivity index (χ4n) is 4.38. The summed E-state index contributed by atoms with van der Waals surface area (Å²) in [6, 6.07) is 0. The normalized spacial score (nSPS) is 13.1. The zero-order valence-electron chi connectivity index (χ0n) is 28.1. The van der Waals surface area contributed by atoms with Crippen molar-refractivity contribution in [3.63, 3.8) is 0 Å². The van der Waals surface area contributed by atoms with Crippen molar-refractivity contribution in [3.05, 3.63) is 72.9 Å². The second-order valence-corrected chi connectivity index (χ2v) is 11.2. The summed E-state index contributed by atoms with van der Waals surface area (Å²) in [5.41, 5.74) is 0. The summed E-state index contributed by atoms with van der Waals surface area (Å²) in [5, 5.41) is 9.49. The van der Waals surface area contributed by atoms with Crippen LogP contribution in [0.1, 0.15) is 142 Å². The lowest BCUT2D eigenvalue weighted by molar-refractivity contribution is -0.161. The number of carbonyl (C=O) groups is 2. The Balaban J connectivity index is 3.72. The highest BCUT2D eigenvalue weighted by Gasteiger charge is 2.16. The molecule has 44 heavy (non-hydrogen) atoms. The highest BCUT2D eigenvalue weighted by Crippen LogP contribution is 2.11. The van der Waals surface area contributed by atoms with Crippen LogP contribution in [0.2, 0.25) is 0 Å². The van der Waals surface area contributed by atoms with E-state index in [1.165, 1.54) is 38.5 Å². The molecule has 250 valence electrons. The van der Waals surface area contributed by atoms with Gasteiger partial charge in [0.15, 0.2) is 6.10 Å². The lowest BCUT2D eigenvalue weighted by atomic mass is 10.1. The lowest BCUT2D eigenvalue weighted by Crippen LogP contribution is -2.28. The summed E-state index contributed by atoms with van der Waals surface area (Å²) in [6.07, 6.45) is 45.3. The van der Waals surface area contributed by atoms with E-state index < -0.39 is 6.10 Å². The average Bonchev–Trinajstić information content (AvgIpc) is 3.02. The van der Waals surface area contributed by atoms with E-state index in [9.17, 15) is 14.7 Å².